The number of pyridine rings is 1. The van der Waals surface area contributed by atoms with Crippen molar-refractivity contribution in [1.82, 2.24) is 4.57 Å². The van der Waals surface area contributed by atoms with Crippen LogP contribution in [0.2, 0.25) is 0 Å². The summed E-state index contributed by atoms with van der Waals surface area (Å²) in [5.41, 5.74) is 1.42. The Bertz CT molecular complexity index is 691. The second kappa shape index (κ2) is 5.73. The number of hydrogen-bond donors (Lipinski definition) is 0. The third kappa shape index (κ3) is 2.39. The molecule has 1 heterocycles. The summed E-state index contributed by atoms with van der Waals surface area (Å²) in [6.07, 6.45) is 0. The number of fused-ring (bicyclic) bond motifs is 1. The molecule has 0 radical (unpaired) electrons. The maximum atomic E-state index is 12.3. The van der Waals surface area contributed by atoms with Crippen LogP contribution in [-0.2, 0) is 16.2 Å². The predicted octanol–water partition coefficient (Wildman–Crippen LogP) is 2.65. The van der Waals surface area contributed by atoms with E-state index in [9.17, 15) is 9.59 Å². The molecule has 1 aromatic heterocycles. The third-order valence-corrected chi connectivity index (χ3v) is 3.79. The summed E-state index contributed by atoms with van der Waals surface area (Å²) in [5, 5.41) is 0.919. The number of halogens is 1. The quantitative estimate of drug-likeness (QED) is 0.474. The van der Waals surface area contributed by atoms with E-state index < -0.39 is 5.97 Å². The third-order valence-electron chi connectivity index (χ3n) is 3.02. The van der Waals surface area contributed by atoms with Gasteiger partial charge in [0.25, 0.3) is 5.56 Å². The summed E-state index contributed by atoms with van der Waals surface area (Å²) in [6, 6.07) is 7.58. The number of rotatable bonds is 3. The Hall–Kier alpha value is -1.37. The number of carbonyl (C=O) groups is 1. The van der Waals surface area contributed by atoms with Gasteiger partial charge in [-0.25, -0.2) is 4.79 Å². The van der Waals surface area contributed by atoms with Gasteiger partial charge in [0.15, 0.2) is 0 Å². The fourth-order valence-electron chi connectivity index (χ4n) is 2.11. The summed E-state index contributed by atoms with van der Waals surface area (Å²) in [5.74, 6) is -0.541. The summed E-state index contributed by atoms with van der Waals surface area (Å²) < 4.78 is 7.08. The summed E-state index contributed by atoms with van der Waals surface area (Å²) in [4.78, 5) is 24.3. The number of alkyl halides is 1. The minimum absolute atomic E-state index is 0.150. The number of hydrogen-bond acceptors (Lipinski definition) is 3. The number of para-hydroxylation sites is 1. The smallest absolute Gasteiger partial charge is 0.344 e. The first-order valence-electron chi connectivity index (χ1n) is 5.95. The molecule has 2 rings (SSSR count). The van der Waals surface area contributed by atoms with Crippen LogP contribution in [0.3, 0.4) is 0 Å². The van der Waals surface area contributed by atoms with Crippen LogP contribution in [0.4, 0.5) is 0 Å². The normalized spacial score (nSPS) is 10.7. The van der Waals surface area contributed by atoms with E-state index in [0.29, 0.717) is 4.43 Å². The van der Waals surface area contributed by atoms with Gasteiger partial charge in [0.1, 0.15) is 5.56 Å². The van der Waals surface area contributed by atoms with Crippen LogP contribution in [0.15, 0.2) is 29.1 Å². The molecule has 0 spiro atoms. The van der Waals surface area contributed by atoms with Crippen molar-refractivity contribution in [2.45, 2.75) is 11.4 Å². The minimum atomic E-state index is -0.541. The van der Waals surface area contributed by atoms with Gasteiger partial charge in [-0.3, -0.25) is 4.79 Å². The SMILES string of the molecule is CCOC(=O)c1c(CI)c2ccccc2n(C)c1=O. The Morgan fingerprint density at radius 3 is 2.68 bits per heavy atom. The van der Waals surface area contributed by atoms with E-state index >= 15 is 0 Å². The van der Waals surface area contributed by atoms with E-state index in [4.69, 9.17) is 4.74 Å². The zero-order valence-corrected chi connectivity index (χ0v) is 12.9. The van der Waals surface area contributed by atoms with Gasteiger partial charge in [-0.1, -0.05) is 40.8 Å². The molecule has 0 amide bonds. The van der Waals surface area contributed by atoms with Gasteiger partial charge in [-0.15, -0.1) is 0 Å². The molecule has 0 atom stereocenters. The number of benzene rings is 1. The van der Waals surface area contributed by atoms with Gasteiger partial charge >= 0.3 is 5.97 Å². The number of nitrogens with zero attached hydrogens (tertiary/aromatic N) is 1. The van der Waals surface area contributed by atoms with Crippen LogP contribution in [0.5, 0.6) is 0 Å². The van der Waals surface area contributed by atoms with Crippen molar-refractivity contribution >= 4 is 39.5 Å². The molecule has 1 aromatic carbocycles. The Morgan fingerprint density at radius 2 is 2.05 bits per heavy atom. The average Bonchev–Trinajstić information content (AvgIpc) is 2.42. The summed E-state index contributed by atoms with van der Waals surface area (Å²) in [7, 11) is 1.67. The van der Waals surface area contributed by atoms with Crippen LogP contribution in [0.25, 0.3) is 10.9 Å². The van der Waals surface area contributed by atoms with E-state index in [1.807, 2.05) is 24.3 Å². The van der Waals surface area contributed by atoms with E-state index in [1.165, 1.54) is 4.57 Å². The zero-order valence-electron chi connectivity index (χ0n) is 10.8. The first kappa shape index (κ1) is 14.0. The summed E-state index contributed by atoms with van der Waals surface area (Å²) in [6.45, 7) is 1.99. The van der Waals surface area contributed by atoms with Crippen LogP contribution in [0, 0.1) is 0 Å². The molecule has 0 saturated carbocycles. The molecule has 0 aliphatic rings. The number of ether oxygens (including phenoxy) is 1. The fourth-order valence-corrected chi connectivity index (χ4v) is 2.91. The van der Waals surface area contributed by atoms with Crippen molar-refractivity contribution < 1.29 is 9.53 Å². The molecule has 100 valence electrons. The molecule has 0 unspecified atom stereocenters. The highest BCUT2D eigenvalue weighted by Crippen LogP contribution is 2.22. The van der Waals surface area contributed by atoms with Crippen molar-refractivity contribution in [3.05, 3.63) is 45.7 Å². The average molecular weight is 371 g/mol. The number of aryl methyl sites for hydroxylation is 1. The molecule has 0 aliphatic carbocycles. The lowest BCUT2D eigenvalue weighted by atomic mass is 10.0. The minimum Gasteiger partial charge on any atom is -0.462 e. The molecule has 0 bridgehead atoms. The highest BCUT2D eigenvalue weighted by molar-refractivity contribution is 14.1. The lowest BCUT2D eigenvalue weighted by molar-refractivity contribution is 0.0523. The number of aromatic nitrogens is 1. The standard InChI is InChI=1S/C14H14INO3/c1-3-19-14(18)12-10(8-15)9-6-4-5-7-11(9)16(2)13(12)17/h4-7H,3,8H2,1-2H3. The van der Waals surface area contributed by atoms with Gasteiger partial charge in [-0.05, 0) is 18.6 Å². The van der Waals surface area contributed by atoms with Gasteiger partial charge in [0.05, 0.1) is 12.1 Å². The Balaban J connectivity index is 2.87. The van der Waals surface area contributed by atoms with Crippen LogP contribution < -0.4 is 5.56 Å². The molecule has 0 fully saturated rings. The largest absolute Gasteiger partial charge is 0.462 e. The zero-order chi connectivity index (χ0) is 14.0. The Labute approximate surface area is 124 Å². The van der Waals surface area contributed by atoms with E-state index in [0.717, 1.165) is 16.5 Å². The molecular weight excluding hydrogens is 357 g/mol. The Morgan fingerprint density at radius 1 is 1.37 bits per heavy atom. The topological polar surface area (TPSA) is 48.3 Å². The maximum Gasteiger partial charge on any atom is 0.344 e. The Kier molecular flexibility index (Phi) is 4.24. The van der Waals surface area contributed by atoms with Crippen molar-refractivity contribution in [3.63, 3.8) is 0 Å². The molecule has 4 nitrogen and oxygen atoms in total. The van der Waals surface area contributed by atoms with Crippen molar-refractivity contribution in [3.8, 4) is 0 Å². The lowest BCUT2D eigenvalue weighted by Crippen LogP contribution is -2.28. The van der Waals surface area contributed by atoms with Crippen LogP contribution >= 0.6 is 22.6 Å². The molecule has 19 heavy (non-hydrogen) atoms. The molecule has 0 saturated heterocycles. The molecular formula is C14H14INO3. The highest BCUT2D eigenvalue weighted by Gasteiger charge is 2.21. The van der Waals surface area contributed by atoms with E-state index in [1.54, 1.807) is 14.0 Å². The fraction of sp³-hybridized carbons (Fsp3) is 0.286. The highest BCUT2D eigenvalue weighted by atomic mass is 127. The second-order valence-corrected chi connectivity index (χ2v) is 4.85. The monoisotopic (exact) mass is 371 g/mol. The van der Waals surface area contributed by atoms with E-state index in [2.05, 4.69) is 22.6 Å². The van der Waals surface area contributed by atoms with Crippen molar-refractivity contribution in [2.75, 3.05) is 6.61 Å². The first-order chi connectivity index (χ1) is 9.11. The van der Waals surface area contributed by atoms with Crippen molar-refractivity contribution in [2.24, 2.45) is 7.05 Å². The van der Waals surface area contributed by atoms with Gasteiger partial charge in [0.2, 0.25) is 0 Å². The van der Waals surface area contributed by atoms with E-state index in [-0.39, 0.29) is 17.7 Å². The second-order valence-electron chi connectivity index (χ2n) is 4.09. The number of esters is 1. The molecule has 2 aromatic rings. The van der Waals surface area contributed by atoms with Crippen LogP contribution in [-0.4, -0.2) is 17.1 Å². The molecule has 0 N–H and O–H groups in total. The first-order valence-corrected chi connectivity index (χ1v) is 7.48. The predicted molar refractivity (Wildman–Crippen MR) is 82.9 cm³/mol. The van der Waals surface area contributed by atoms with Crippen LogP contribution in [0.1, 0.15) is 22.8 Å². The van der Waals surface area contributed by atoms with Gasteiger partial charge < -0.3 is 9.30 Å². The van der Waals surface area contributed by atoms with Gasteiger partial charge in [0, 0.05) is 16.9 Å². The molecule has 0 aliphatic heterocycles. The lowest BCUT2D eigenvalue weighted by Gasteiger charge is -2.13. The summed E-state index contributed by atoms with van der Waals surface area (Å²) >= 11 is 2.16. The van der Waals surface area contributed by atoms with Gasteiger partial charge in [-0.2, -0.15) is 0 Å². The van der Waals surface area contributed by atoms with Crippen molar-refractivity contribution in [1.29, 1.82) is 0 Å². The maximum absolute atomic E-state index is 12.3. The number of carbonyl (C=O) groups excluding carboxylic acids is 1. The molecule has 5 heteroatoms.